The Bertz CT molecular complexity index is 440. The van der Waals surface area contributed by atoms with Gasteiger partial charge in [0, 0.05) is 0 Å². The van der Waals surface area contributed by atoms with Crippen molar-refractivity contribution in [2.45, 2.75) is 0 Å². The standard InChI is InChI=1S/C10H5FO3/c11-9-5-1-3-8(10(13)14)7(9)4-2-6-12/h1,3,5-6H,(H,13,14). The highest BCUT2D eigenvalue weighted by Crippen LogP contribution is 2.11. The third-order valence-electron chi connectivity index (χ3n) is 1.50. The molecule has 1 rings (SSSR count). The third-order valence-corrected chi connectivity index (χ3v) is 1.50. The molecular formula is C10H5FO3. The summed E-state index contributed by atoms with van der Waals surface area (Å²) >= 11 is 0. The van der Waals surface area contributed by atoms with Crippen LogP contribution in [0.4, 0.5) is 4.39 Å². The minimum absolute atomic E-state index is 0.251. The van der Waals surface area contributed by atoms with Crippen molar-refractivity contribution < 1.29 is 19.1 Å². The minimum atomic E-state index is -1.28. The van der Waals surface area contributed by atoms with Gasteiger partial charge in [-0.25, -0.2) is 9.18 Å². The van der Waals surface area contributed by atoms with Gasteiger partial charge in [-0.2, -0.15) is 0 Å². The maximum Gasteiger partial charge on any atom is 0.337 e. The molecule has 0 radical (unpaired) electrons. The van der Waals surface area contributed by atoms with E-state index in [-0.39, 0.29) is 17.4 Å². The van der Waals surface area contributed by atoms with E-state index >= 15 is 0 Å². The molecule has 0 fully saturated rings. The van der Waals surface area contributed by atoms with E-state index in [0.717, 1.165) is 6.07 Å². The normalized spacial score (nSPS) is 8.64. The van der Waals surface area contributed by atoms with Crippen LogP contribution < -0.4 is 0 Å². The largest absolute Gasteiger partial charge is 0.478 e. The summed E-state index contributed by atoms with van der Waals surface area (Å²) in [4.78, 5) is 20.5. The molecule has 0 amide bonds. The van der Waals surface area contributed by atoms with Crippen molar-refractivity contribution in [3.8, 4) is 11.8 Å². The van der Waals surface area contributed by atoms with Crippen LogP contribution in [0.25, 0.3) is 0 Å². The lowest BCUT2D eigenvalue weighted by molar-refractivity contribution is -0.103. The van der Waals surface area contributed by atoms with Crippen molar-refractivity contribution in [1.82, 2.24) is 0 Å². The van der Waals surface area contributed by atoms with Crippen molar-refractivity contribution in [3.63, 3.8) is 0 Å². The van der Waals surface area contributed by atoms with Crippen LogP contribution in [-0.4, -0.2) is 17.4 Å². The Morgan fingerprint density at radius 3 is 2.79 bits per heavy atom. The van der Waals surface area contributed by atoms with E-state index in [1.165, 1.54) is 12.1 Å². The zero-order valence-electron chi connectivity index (χ0n) is 6.95. The summed E-state index contributed by atoms with van der Waals surface area (Å²) in [5, 5.41) is 8.67. The number of rotatable bonds is 1. The van der Waals surface area contributed by atoms with Crippen molar-refractivity contribution in [3.05, 3.63) is 35.1 Å². The summed E-state index contributed by atoms with van der Waals surface area (Å²) in [5.41, 5.74) is -0.522. The molecule has 0 saturated heterocycles. The van der Waals surface area contributed by atoms with Crippen LogP contribution in [0.3, 0.4) is 0 Å². The number of hydrogen-bond acceptors (Lipinski definition) is 2. The Labute approximate surface area is 79.2 Å². The lowest BCUT2D eigenvalue weighted by Crippen LogP contribution is -2.01. The van der Waals surface area contributed by atoms with Crippen LogP contribution in [0, 0.1) is 17.7 Å². The van der Waals surface area contributed by atoms with Crippen molar-refractivity contribution in [2.75, 3.05) is 0 Å². The molecule has 14 heavy (non-hydrogen) atoms. The Morgan fingerprint density at radius 2 is 2.21 bits per heavy atom. The predicted octanol–water partition coefficient (Wildman–Crippen LogP) is 1.07. The summed E-state index contributed by atoms with van der Waals surface area (Å²) in [6.07, 6.45) is 0.276. The quantitative estimate of drug-likeness (QED) is 0.535. The third kappa shape index (κ3) is 1.96. The van der Waals surface area contributed by atoms with Gasteiger partial charge in [0.1, 0.15) is 5.82 Å². The van der Waals surface area contributed by atoms with Gasteiger partial charge < -0.3 is 5.11 Å². The molecule has 0 unspecified atom stereocenters. The Hall–Kier alpha value is -2.15. The number of halogens is 1. The summed E-state index contributed by atoms with van der Waals surface area (Å²) in [7, 11) is 0. The highest BCUT2D eigenvalue weighted by atomic mass is 19.1. The van der Waals surface area contributed by atoms with E-state index in [9.17, 15) is 14.0 Å². The molecule has 0 aromatic heterocycles. The number of benzene rings is 1. The van der Waals surface area contributed by atoms with Gasteiger partial charge in [-0.05, 0) is 18.1 Å². The Kier molecular flexibility index (Phi) is 2.97. The Balaban J connectivity index is 3.36. The van der Waals surface area contributed by atoms with Crippen LogP contribution in [0.5, 0.6) is 0 Å². The minimum Gasteiger partial charge on any atom is -0.478 e. The van der Waals surface area contributed by atoms with Crippen LogP contribution in [0.15, 0.2) is 18.2 Å². The Morgan fingerprint density at radius 1 is 1.50 bits per heavy atom. The van der Waals surface area contributed by atoms with Gasteiger partial charge in [-0.15, -0.1) is 0 Å². The van der Waals surface area contributed by atoms with E-state index in [1.807, 2.05) is 5.92 Å². The molecule has 0 spiro atoms. The number of aromatic carboxylic acids is 1. The average molecular weight is 192 g/mol. The lowest BCUT2D eigenvalue weighted by Gasteiger charge is -1.98. The average Bonchev–Trinajstić information content (AvgIpc) is 2.15. The van der Waals surface area contributed by atoms with Crippen LogP contribution in [0.2, 0.25) is 0 Å². The molecule has 0 heterocycles. The molecule has 0 bridgehead atoms. The molecule has 0 aliphatic rings. The zero-order chi connectivity index (χ0) is 10.6. The first-order chi connectivity index (χ1) is 6.66. The number of aldehydes is 1. The van der Waals surface area contributed by atoms with Crippen molar-refractivity contribution in [2.24, 2.45) is 0 Å². The monoisotopic (exact) mass is 192 g/mol. The molecule has 1 aromatic carbocycles. The van der Waals surface area contributed by atoms with Gasteiger partial charge in [0.2, 0.25) is 0 Å². The fourth-order valence-corrected chi connectivity index (χ4v) is 0.931. The first kappa shape index (κ1) is 9.93. The molecule has 70 valence electrons. The highest BCUT2D eigenvalue weighted by Gasteiger charge is 2.11. The van der Waals surface area contributed by atoms with E-state index < -0.39 is 11.8 Å². The highest BCUT2D eigenvalue weighted by molar-refractivity contribution is 5.91. The summed E-state index contributed by atoms with van der Waals surface area (Å²) in [6, 6.07) is 3.58. The molecule has 0 saturated carbocycles. The fourth-order valence-electron chi connectivity index (χ4n) is 0.931. The van der Waals surface area contributed by atoms with Gasteiger partial charge in [0.15, 0.2) is 6.29 Å². The van der Waals surface area contributed by atoms with E-state index in [1.54, 1.807) is 0 Å². The van der Waals surface area contributed by atoms with Crippen LogP contribution in [0.1, 0.15) is 15.9 Å². The molecule has 0 aliphatic carbocycles. The molecule has 1 N–H and O–H groups in total. The first-order valence-corrected chi connectivity index (χ1v) is 3.64. The molecular weight excluding hydrogens is 187 g/mol. The number of carbonyl (C=O) groups excluding carboxylic acids is 1. The molecule has 1 aromatic rings. The zero-order valence-corrected chi connectivity index (χ0v) is 6.95. The van der Waals surface area contributed by atoms with Crippen molar-refractivity contribution in [1.29, 1.82) is 0 Å². The topological polar surface area (TPSA) is 54.4 Å². The predicted molar refractivity (Wildman–Crippen MR) is 46.3 cm³/mol. The maximum atomic E-state index is 13.1. The van der Waals surface area contributed by atoms with Gasteiger partial charge in [0.05, 0.1) is 11.1 Å². The van der Waals surface area contributed by atoms with E-state index in [2.05, 4.69) is 5.92 Å². The number of hydrogen-bond donors (Lipinski definition) is 1. The fraction of sp³-hybridized carbons (Fsp3) is 0. The summed E-state index contributed by atoms with van der Waals surface area (Å²) < 4.78 is 13.1. The van der Waals surface area contributed by atoms with Gasteiger partial charge in [0.25, 0.3) is 0 Å². The summed E-state index contributed by atoms with van der Waals surface area (Å²) in [6.45, 7) is 0. The van der Waals surface area contributed by atoms with E-state index in [0.29, 0.717) is 0 Å². The second-order valence-corrected chi connectivity index (χ2v) is 2.35. The molecule has 0 aliphatic heterocycles. The van der Waals surface area contributed by atoms with Crippen LogP contribution in [-0.2, 0) is 4.79 Å². The van der Waals surface area contributed by atoms with Crippen molar-refractivity contribution >= 4 is 12.3 Å². The lowest BCUT2D eigenvalue weighted by atomic mass is 10.1. The summed E-state index contributed by atoms with van der Waals surface area (Å²) in [5.74, 6) is 2.08. The molecule has 4 heteroatoms. The number of carboxylic acids is 1. The maximum absolute atomic E-state index is 13.1. The smallest absolute Gasteiger partial charge is 0.337 e. The molecule has 3 nitrogen and oxygen atoms in total. The van der Waals surface area contributed by atoms with E-state index in [4.69, 9.17) is 5.11 Å². The second-order valence-electron chi connectivity index (χ2n) is 2.35. The number of carbonyl (C=O) groups is 2. The van der Waals surface area contributed by atoms with Gasteiger partial charge in [-0.1, -0.05) is 12.0 Å². The van der Waals surface area contributed by atoms with Gasteiger partial charge in [-0.3, -0.25) is 4.79 Å². The first-order valence-electron chi connectivity index (χ1n) is 3.64. The van der Waals surface area contributed by atoms with Crippen LogP contribution >= 0.6 is 0 Å². The second kappa shape index (κ2) is 4.19. The SMILES string of the molecule is O=CC#Cc1c(F)cccc1C(=O)O. The molecule has 0 atom stereocenters. The van der Waals surface area contributed by atoms with Gasteiger partial charge >= 0.3 is 5.97 Å². The number of carboxylic acid groups (broad SMARTS) is 1.